The molecule has 7 heteroatoms. The Bertz CT molecular complexity index is 796. The van der Waals surface area contributed by atoms with E-state index in [-0.39, 0.29) is 12.5 Å². The molecule has 0 fully saturated rings. The zero-order valence-corrected chi connectivity index (χ0v) is 11.2. The number of rotatable bonds is 3. The van der Waals surface area contributed by atoms with Crippen LogP contribution in [0.1, 0.15) is 0 Å². The first-order valence-electron chi connectivity index (χ1n) is 6.35. The molecule has 3 aromatic rings. The molecule has 0 aliphatic heterocycles. The lowest BCUT2D eigenvalue weighted by molar-refractivity contribution is -0.121. The van der Waals surface area contributed by atoms with Crippen LogP contribution in [0.25, 0.3) is 22.4 Å². The highest BCUT2D eigenvalue weighted by atomic mass is 16.2. The van der Waals surface area contributed by atoms with E-state index in [2.05, 4.69) is 15.4 Å². The average Bonchev–Trinajstić information content (AvgIpc) is 2.88. The highest BCUT2D eigenvalue weighted by Gasteiger charge is 2.16. The summed E-state index contributed by atoms with van der Waals surface area (Å²) in [5, 5.41) is 0. The topological polar surface area (TPSA) is 112 Å². The molecule has 21 heavy (non-hydrogen) atoms. The van der Waals surface area contributed by atoms with E-state index in [0.717, 1.165) is 11.1 Å². The van der Waals surface area contributed by atoms with Gasteiger partial charge in [-0.15, -0.1) is 0 Å². The number of pyridine rings is 1. The zero-order chi connectivity index (χ0) is 14.8. The van der Waals surface area contributed by atoms with Crippen LogP contribution in [-0.2, 0) is 11.3 Å². The van der Waals surface area contributed by atoms with Gasteiger partial charge in [-0.3, -0.25) is 15.2 Å². The fourth-order valence-electron chi connectivity index (χ4n) is 2.24. The summed E-state index contributed by atoms with van der Waals surface area (Å²) in [7, 11) is 0. The lowest BCUT2D eigenvalue weighted by Crippen LogP contribution is -2.33. The number of aromatic nitrogens is 3. The van der Waals surface area contributed by atoms with Gasteiger partial charge in [-0.05, 0) is 24.3 Å². The summed E-state index contributed by atoms with van der Waals surface area (Å²) in [6.45, 7) is 0.0636. The van der Waals surface area contributed by atoms with Gasteiger partial charge in [-0.25, -0.2) is 10.8 Å². The van der Waals surface area contributed by atoms with Crippen LogP contribution in [0, 0.1) is 0 Å². The van der Waals surface area contributed by atoms with Crippen molar-refractivity contribution in [3.05, 3.63) is 42.7 Å². The second kappa shape index (κ2) is 5.22. The quantitative estimate of drug-likeness (QED) is 0.283. The van der Waals surface area contributed by atoms with Crippen molar-refractivity contribution in [1.82, 2.24) is 20.0 Å². The third kappa shape index (κ3) is 2.30. The van der Waals surface area contributed by atoms with Crippen molar-refractivity contribution in [2.24, 2.45) is 5.84 Å². The number of carbonyl (C=O) groups is 1. The maximum absolute atomic E-state index is 11.7. The maximum atomic E-state index is 11.7. The molecular weight excluding hydrogens is 268 g/mol. The molecule has 106 valence electrons. The van der Waals surface area contributed by atoms with Crippen molar-refractivity contribution in [2.75, 3.05) is 5.73 Å². The molecule has 5 N–H and O–H groups in total. The van der Waals surface area contributed by atoms with Gasteiger partial charge in [0.15, 0.2) is 0 Å². The average molecular weight is 282 g/mol. The monoisotopic (exact) mass is 282 g/mol. The first kappa shape index (κ1) is 13.1. The fourth-order valence-corrected chi connectivity index (χ4v) is 2.24. The van der Waals surface area contributed by atoms with Crippen molar-refractivity contribution in [1.29, 1.82) is 0 Å². The summed E-state index contributed by atoms with van der Waals surface area (Å²) in [6.07, 6.45) is 3.34. The molecule has 1 aromatic carbocycles. The van der Waals surface area contributed by atoms with E-state index in [9.17, 15) is 4.79 Å². The van der Waals surface area contributed by atoms with Gasteiger partial charge in [0.05, 0.1) is 11.2 Å². The number of para-hydroxylation sites is 1. The summed E-state index contributed by atoms with van der Waals surface area (Å²) in [6, 6.07) is 9.13. The first-order valence-corrected chi connectivity index (χ1v) is 6.35. The van der Waals surface area contributed by atoms with Crippen LogP contribution in [0.5, 0.6) is 0 Å². The SMILES string of the molecule is NNC(=O)Cn1c(-c2ccncc2)nc2c(N)cccc21. The maximum Gasteiger partial charge on any atom is 0.253 e. The van der Waals surface area contributed by atoms with Gasteiger partial charge in [0, 0.05) is 18.0 Å². The van der Waals surface area contributed by atoms with Crippen molar-refractivity contribution >= 4 is 22.6 Å². The Morgan fingerprint density at radius 3 is 2.71 bits per heavy atom. The first-order chi connectivity index (χ1) is 10.2. The summed E-state index contributed by atoms with van der Waals surface area (Å²) in [5.41, 5.74) is 11.0. The molecule has 7 nitrogen and oxygen atoms in total. The molecule has 2 aromatic heterocycles. The summed E-state index contributed by atoms with van der Waals surface area (Å²) < 4.78 is 1.78. The standard InChI is InChI=1S/C14H14N6O/c15-10-2-1-3-11-13(10)18-14(9-4-6-17-7-5-9)20(11)8-12(21)19-16/h1-7H,8,15-16H2,(H,19,21). The van der Waals surface area contributed by atoms with Gasteiger partial charge >= 0.3 is 0 Å². The van der Waals surface area contributed by atoms with Gasteiger partial charge in [-0.1, -0.05) is 6.07 Å². The smallest absolute Gasteiger partial charge is 0.253 e. The number of nitrogens with one attached hydrogen (secondary N) is 1. The molecule has 0 aliphatic rings. The number of fused-ring (bicyclic) bond motifs is 1. The van der Waals surface area contributed by atoms with Crippen LogP contribution in [0.4, 0.5) is 5.69 Å². The van der Waals surface area contributed by atoms with Crippen molar-refractivity contribution in [2.45, 2.75) is 6.54 Å². The fraction of sp³-hybridized carbons (Fsp3) is 0.0714. The Morgan fingerprint density at radius 2 is 2.00 bits per heavy atom. The van der Waals surface area contributed by atoms with Crippen LogP contribution in [0.2, 0.25) is 0 Å². The molecule has 3 rings (SSSR count). The summed E-state index contributed by atoms with van der Waals surface area (Å²) in [4.78, 5) is 20.2. The van der Waals surface area contributed by atoms with E-state index in [0.29, 0.717) is 17.0 Å². The summed E-state index contributed by atoms with van der Waals surface area (Å²) >= 11 is 0. The number of amides is 1. The Balaban J connectivity index is 2.25. The largest absolute Gasteiger partial charge is 0.397 e. The van der Waals surface area contributed by atoms with Gasteiger partial charge in [-0.2, -0.15) is 0 Å². The second-order valence-corrected chi connectivity index (χ2v) is 4.54. The van der Waals surface area contributed by atoms with Gasteiger partial charge in [0.1, 0.15) is 17.9 Å². The van der Waals surface area contributed by atoms with E-state index in [4.69, 9.17) is 11.6 Å². The molecule has 0 bridgehead atoms. The van der Waals surface area contributed by atoms with E-state index in [1.165, 1.54) is 0 Å². The minimum absolute atomic E-state index is 0.0636. The van der Waals surface area contributed by atoms with Crippen LogP contribution in [0.15, 0.2) is 42.7 Å². The third-order valence-electron chi connectivity index (χ3n) is 3.21. The van der Waals surface area contributed by atoms with E-state index >= 15 is 0 Å². The second-order valence-electron chi connectivity index (χ2n) is 4.54. The number of benzene rings is 1. The summed E-state index contributed by atoms with van der Waals surface area (Å²) in [5.74, 6) is 5.52. The van der Waals surface area contributed by atoms with E-state index < -0.39 is 0 Å². The van der Waals surface area contributed by atoms with Crippen LogP contribution >= 0.6 is 0 Å². The van der Waals surface area contributed by atoms with E-state index in [1.54, 1.807) is 23.0 Å². The van der Waals surface area contributed by atoms with E-state index in [1.807, 2.05) is 24.3 Å². The molecular formula is C14H14N6O. The predicted octanol–water partition coefficient (Wildman–Crippen LogP) is 0.670. The molecule has 0 spiro atoms. The number of hydrazine groups is 1. The third-order valence-corrected chi connectivity index (χ3v) is 3.21. The predicted molar refractivity (Wildman–Crippen MR) is 79.7 cm³/mol. The molecule has 0 saturated carbocycles. The minimum atomic E-state index is -0.313. The zero-order valence-electron chi connectivity index (χ0n) is 11.2. The molecule has 0 atom stereocenters. The number of hydrogen-bond donors (Lipinski definition) is 3. The lowest BCUT2D eigenvalue weighted by atomic mass is 10.2. The Labute approximate surface area is 120 Å². The van der Waals surface area contributed by atoms with Crippen molar-refractivity contribution in [3.8, 4) is 11.4 Å². The number of imidazole rings is 1. The number of hydrogen-bond acceptors (Lipinski definition) is 5. The number of nitrogen functional groups attached to an aromatic ring is 1. The number of nitrogens with two attached hydrogens (primary N) is 2. The molecule has 0 saturated heterocycles. The Morgan fingerprint density at radius 1 is 1.24 bits per heavy atom. The Kier molecular flexibility index (Phi) is 3.25. The number of nitrogens with zero attached hydrogens (tertiary/aromatic N) is 3. The van der Waals surface area contributed by atoms with Crippen molar-refractivity contribution < 1.29 is 4.79 Å². The molecule has 0 aliphatic carbocycles. The van der Waals surface area contributed by atoms with Gasteiger partial charge < -0.3 is 10.3 Å². The molecule has 0 unspecified atom stereocenters. The van der Waals surface area contributed by atoms with Crippen LogP contribution < -0.4 is 17.0 Å². The highest BCUT2D eigenvalue weighted by molar-refractivity contribution is 5.91. The minimum Gasteiger partial charge on any atom is -0.397 e. The Hall–Kier alpha value is -2.93. The van der Waals surface area contributed by atoms with Gasteiger partial charge in [0.2, 0.25) is 0 Å². The molecule has 1 amide bonds. The number of anilines is 1. The van der Waals surface area contributed by atoms with Crippen molar-refractivity contribution in [3.63, 3.8) is 0 Å². The lowest BCUT2D eigenvalue weighted by Gasteiger charge is -2.08. The van der Waals surface area contributed by atoms with Crippen LogP contribution in [-0.4, -0.2) is 20.4 Å². The molecule has 2 heterocycles. The highest BCUT2D eigenvalue weighted by Crippen LogP contribution is 2.27. The normalized spacial score (nSPS) is 10.7. The van der Waals surface area contributed by atoms with Crippen LogP contribution in [0.3, 0.4) is 0 Å². The number of carbonyl (C=O) groups excluding carboxylic acids is 1. The van der Waals surface area contributed by atoms with Gasteiger partial charge in [0.25, 0.3) is 5.91 Å². The molecule has 0 radical (unpaired) electrons.